The van der Waals surface area contributed by atoms with Crippen molar-refractivity contribution in [2.75, 3.05) is 13.1 Å². The molecule has 1 atom stereocenters. The molecule has 2 rings (SSSR count). The van der Waals surface area contributed by atoms with E-state index >= 15 is 0 Å². The molecule has 1 saturated carbocycles. The second-order valence-electron chi connectivity index (χ2n) is 4.35. The van der Waals surface area contributed by atoms with Crippen molar-refractivity contribution >= 4 is 5.78 Å². The van der Waals surface area contributed by atoms with Gasteiger partial charge in [-0.1, -0.05) is 0 Å². The highest BCUT2D eigenvalue weighted by Crippen LogP contribution is 2.39. The van der Waals surface area contributed by atoms with E-state index in [1.54, 1.807) is 0 Å². The molecule has 0 aromatic heterocycles. The van der Waals surface area contributed by atoms with Crippen molar-refractivity contribution in [1.82, 2.24) is 5.32 Å². The van der Waals surface area contributed by atoms with Gasteiger partial charge >= 0.3 is 0 Å². The number of rotatable bonds is 0. The van der Waals surface area contributed by atoms with Crippen LogP contribution in [-0.4, -0.2) is 18.9 Å². The number of piperidine rings is 1. The van der Waals surface area contributed by atoms with E-state index in [1.807, 2.05) is 0 Å². The molecule has 2 heteroatoms. The van der Waals surface area contributed by atoms with Gasteiger partial charge in [-0.2, -0.15) is 0 Å². The summed E-state index contributed by atoms with van der Waals surface area (Å²) >= 11 is 0. The van der Waals surface area contributed by atoms with E-state index in [2.05, 4.69) is 5.32 Å². The molecule has 68 valence electrons. The number of hydrogen-bond donors (Lipinski definition) is 1. The minimum atomic E-state index is 0.369. The minimum absolute atomic E-state index is 0.369. The Morgan fingerprint density at radius 2 is 2.08 bits per heavy atom. The Labute approximate surface area is 73.7 Å². The van der Waals surface area contributed by atoms with Gasteiger partial charge in [0, 0.05) is 19.4 Å². The standard InChI is InChI=1S/C10H17NO/c12-9-3-1-4-10(7-9)5-2-6-11-8-10/h11H,1-8H2. The van der Waals surface area contributed by atoms with Crippen molar-refractivity contribution in [3.63, 3.8) is 0 Å². The summed E-state index contributed by atoms with van der Waals surface area (Å²) in [5, 5.41) is 3.41. The van der Waals surface area contributed by atoms with Gasteiger partial charge in [-0.3, -0.25) is 4.79 Å². The lowest BCUT2D eigenvalue weighted by atomic mass is 9.69. The predicted molar refractivity (Wildman–Crippen MR) is 48.0 cm³/mol. The van der Waals surface area contributed by atoms with Crippen molar-refractivity contribution in [2.24, 2.45) is 5.41 Å². The van der Waals surface area contributed by atoms with E-state index in [4.69, 9.17) is 0 Å². The molecule has 2 fully saturated rings. The number of ketones is 1. The number of carbonyl (C=O) groups is 1. The van der Waals surface area contributed by atoms with Gasteiger partial charge < -0.3 is 5.32 Å². The monoisotopic (exact) mass is 167 g/mol. The van der Waals surface area contributed by atoms with E-state index < -0.39 is 0 Å². The normalized spacial score (nSPS) is 37.2. The van der Waals surface area contributed by atoms with Crippen molar-refractivity contribution in [3.8, 4) is 0 Å². The Hall–Kier alpha value is -0.370. The lowest BCUT2D eigenvalue weighted by Crippen LogP contribution is -2.43. The van der Waals surface area contributed by atoms with Gasteiger partial charge in [0.05, 0.1) is 0 Å². The Morgan fingerprint density at radius 1 is 1.25 bits per heavy atom. The zero-order chi connectivity index (χ0) is 8.44. The first kappa shape index (κ1) is 8.24. The van der Waals surface area contributed by atoms with Crippen molar-refractivity contribution in [1.29, 1.82) is 0 Å². The maximum atomic E-state index is 11.3. The summed E-state index contributed by atoms with van der Waals surface area (Å²) in [7, 11) is 0. The van der Waals surface area contributed by atoms with Gasteiger partial charge in [0.15, 0.2) is 0 Å². The molecule has 1 aliphatic carbocycles. The number of Topliss-reactive ketones (excluding diaryl/α,β-unsaturated/α-hetero) is 1. The largest absolute Gasteiger partial charge is 0.316 e. The lowest BCUT2D eigenvalue weighted by Gasteiger charge is -2.39. The molecular weight excluding hydrogens is 150 g/mol. The zero-order valence-corrected chi connectivity index (χ0v) is 7.57. The summed E-state index contributed by atoms with van der Waals surface area (Å²) in [6.07, 6.45) is 6.60. The number of carbonyl (C=O) groups excluding carboxylic acids is 1. The predicted octanol–water partition coefficient (Wildman–Crippen LogP) is 1.50. The van der Waals surface area contributed by atoms with Gasteiger partial charge in [-0.15, -0.1) is 0 Å². The maximum absolute atomic E-state index is 11.3. The SMILES string of the molecule is O=C1CCCC2(CCCNC2)C1. The summed E-state index contributed by atoms with van der Waals surface area (Å²) in [6, 6.07) is 0. The smallest absolute Gasteiger partial charge is 0.133 e. The fourth-order valence-corrected chi connectivity index (χ4v) is 2.65. The molecule has 0 radical (unpaired) electrons. The van der Waals surface area contributed by atoms with E-state index in [0.717, 1.165) is 32.4 Å². The van der Waals surface area contributed by atoms with Crippen LogP contribution < -0.4 is 5.32 Å². The maximum Gasteiger partial charge on any atom is 0.133 e. The minimum Gasteiger partial charge on any atom is -0.316 e. The lowest BCUT2D eigenvalue weighted by molar-refractivity contribution is -0.124. The number of nitrogens with one attached hydrogen (secondary N) is 1. The highest BCUT2D eigenvalue weighted by molar-refractivity contribution is 5.79. The first-order valence-corrected chi connectivity index (χ1v) is 5.03. The Bertz CT molecular complexity index is 177. The fourth-order valence-electron chi connectivity index (χ4n) is 2.65. The third-order valence-corrected chi connectivity index (χ3v) is 3.30. The molecule has 1 heterocycles. The third-order valence-electron chi connectivity index (χ3n) is 3.30. The van der Waals surface area contributed by atoms with Crippen LogP contribution in [-0.2, 0) is 4.79 Å². The molecule has 0 aromatic rings. The van der Waals surface area contributed by atoms with E-state index in [0.29, 0.717) is 11.2 Å². The molecular formula is C10H17NO. The summed E-state index contributed by atoms with van der Waals surface area (Å²) < 4.78 is 0. The molecule has 1 saturated heterocycles. The third kappa shape index (κ3) is 1.53. The van der Waals surface area contributed by atoms with E-state index in [9.17, 15) is 4.79 Å². The van der Waals surface area contributed by atoms with Gasteiger partial charge in [0.1, 0.15) is 5.78 Å². The van der Waals surface area contributed by atoms with E-state index in [-0.39, 0.29) is 0 Å². The highest BCUT2D eigenvalue weighted by atomic mass is 16.1. The van der Waals surface area contributed by atoms with Gasteiger partial charge in [0.2, 0.25) is 0 Å². The molecule has 2 aliphatic rings. The van der Waals surface area contributed by atoms with Crippen LogP contribution in [0.25, 0.3) is 0 Å². The summed E-state index contributed by atoms with van der Waals surface area (Å²) in [5.41, 5.74) is 0.369. The molecule has 1 unspecified atom stereocenters. The second-order valence-corrected chi connectivity index (χ2v) is 4.35. The Morgan fingerprint density at radius 3 is 2.75 bits per heavy atom. The summed E-state index contributed by atoms with van der Waals surface area (Å²) in [4.78, 5) is 11.3. The second kappa shape index (κ2) is 3.17. The van der Waals surface area contributed by atoms with Crippen LogP contribution in [0.2, 0.25) is 0 Å². The quantitative estimate of drug-likeness (QED) is 0.592. The first-order chi connectivity index (χ1) is 5.81. The van der Waals surface area contributed by atoms with Crippen molar-refractivity contribution < 1.29 is 4.79 Å². The van der Waals surface area contributed by atoms with Crippen LogP contribution >= 0.6 is 0 Å². The molecule has 1 N–H and O–H groups in total. The fraction of sp³-hybridized carbons (Fsp3) is 0.900. The molecule has 0 aromatic carbocycles. The van der Waals surface area contributed by atoms with Crippen LogP contribution in [0.1, 0.15) is 38.5 Å². The van der Waals surface area contributed by atoms with Gasteiger partial charge in [-0.25, -0.2) is 0 Å². The van der Waals surface area contributed by atoms with Crippen LogP contribution in [0.5, 0.6) is 0 Å². The molecule has 1 aliphatic heterocycles. The summed E-state index contributed by atoms with van der Waals surface area (Å²) in [6.45, 7) is 2.23. The average Bonchev–Trinajstić information content (AvgIpc) is 2.05. The average molecular weight is 167 g/mol. The van der Waals surface area contributed by atoms with Crippen molar-refractivity contribution in [2.45, 2.75) is 38.5 Å². The van der Waals surface area contributed by atoms with Crippen LogP contribution in [0.4, 0.5) is 0 Å². The topological polar surface area (TPSA) is 29.1 Å². The number of hydrogen-bond acceptors (Lipinski definition) is 2. The molecule has 12 heavy (non-hydrogen) atoms. The molecule has 0 bridgehead atoms. The summed E-state index contributed by atoms with van der Waals surface area (Å²) in [5.74, 6) is 0.491. The van der Waals surface area contributed by atoms with Gasteiger partial charge in [0.25, 0.3) is 0 Å². The van der Waals surface area contributed by atoms with Crippen LogP contribution in [0.15, 0.2) is 0 Å². The van der Waals surface area contributed by atoms with Gasteiger partial charge in [-0.05, 0) is 37.6 Å². The van der Waals surface area contributed by atoms with Crippen LogP contribution in [0.3, 0.4) is 0 Å². The van der Waals surface area contributed by atoms with E-state index in [1.165, 1.54) is 19.3 Å². The molecule has 1 spiro atoms. The first-order valence-electron chi connectivity index (χ1n) is 5.03. The molecule has 0 amide bonds. The highest BCUT2D eigenvalue weighted by Gasteiger charge is 2.36. The van der Waals surface area contributed by atoms with Crippen molar-refractivity contribution in [3.05, 3.63) is 0 Å². The Kier molecular flexibility index (Phi) is 2.18. The zero-order valence-electron chi connectivity index (χ0n) is 7.57. The Balaban J connectivity index is 2.02. The van der Waals surface area contributed by atoms with Crippen LogP contribution in [0, 0.1) is 5.41 Å². The molecule has 2 nitrogen and oxygen atoms in total.